The molecule has 0 aliphatic heterocycles. The zero-order valence-corrected chi connectivity index (χ0v) is 8.71. The minimum Gasteiger partial charge on any atom is -0.254 e. The molecule has 5 heteroatoms. The molecule has 2 nitrogen and oxygen atoms in total. The Hall–Kier alpha value is -0.120. The zero-order valence-electron chi connectivity index (χ0n) is 6.38. The second-order valence-corrected chi connectivity index (χ2v) is 4.58. The highest BCUT2D eigenvalue weighted by Crippen LogP contribution is 2.21. The first-order chi connectivity index (χ1) is 5.65. The lowest BCUT2D eigenvalue weighted by Gasteiger charge is -1.99. The normalized spacial score (nSPS) is 12.9. The van der Waals surface area contributed by atoms with E-state index in [0.29, 0.717) is 15.7 Å². The average molecular weight is 224 g/mol. The number of pyridine rings is 1. The minimum atomic E-state index is -1.01. The van der Waals surface area contributed by atoms with Gasteiger partial charge in [-0.3, -0.25) is 4.21 Å². The smallest absolute Gasteiger partial charge is 0.147 e. The van der Waals surface area contributed by atoms with Crippen LogP contribution in [-0.2, 0) is 10.8 Å². The summed E-state index contributed by atoms with van der Waals surface area (Å²) in [6.07, 6.45) is 1.48. The lowest BCUT2D eigenvalue weighted by Crippen LogP contribution is -1.94. The van der Waals surface area contributed by atoms with Crippen molar-refractivity contribution in [2.45, 2.75) is 11.8 Å². The molecule has 0 saturated carbocycles. The molecule has 0 N–H and O–H groups in total. The molecular formula is C7H7Cl2NOS. The van der Waals surface area contributed by atoms with Crippen LogP contribution in [0.3, 0.4) is 0 Å². The Morgan fingerprint density at radius 3 is 2.75 bits per heavy atom. The molecule has 0 spiro atoms. The van der Waals surface area contributed by atoms with Crippen molar-refractivity contribution < 1.29 is 4.21 Å². The molecule has 66 valence electrons. The van der Waals surface area contributed by atoms with E-state index in [1.807, 2.05) is 6.92 Å². The fraction of sp³-hybridized carbons (Fsp3) is 0.286. The zero-order chi connectivity index (χ0) is 9.14. The van der Waals surface area contributed by atoms with E-state index in [1.165, 1.54) is 6.20 Å². The topological polar surface area (TPSA) is 30.0 Å². The second-order valence-electron chi connectivity index (χ2n) is 2.08. The highest BCUT2D eigenvalue weighted by Gasteiger charge is 2.04. The standard InChI is InChI=1S/C7H7Cl2NOS/c1-2-12(11)5-3-6(8)7(9)10-4-5/h3-4H,2H2,1H3. The van der Waals surface area contributed by atoms with Gasteiger partial charge in [-0.1, -0.05) is 30.1 Å². The molecule has 0 aliphatic rings. The van der Waals surface area contributed by atoms with Gasteiger partial charge in [0.25, 0.3) is 0 Å². The summed E-state index contributed by atoms with van der Waals surface area (Å²) >= 11 is 11.3. The molecule has 1 aromatic heterocycles. The molecule has 1 aromatic rings. The SMILES string of the molecule is CCS(=O)c1cnc(Cl)c(Cl)c1. The average Bonchev–Trinajstić information content (AvgIpc) is 2.08. The maximum atomic E-state index is 11.2. The van der Waals surface area contributed by atoms with E-state index in [0.717, 1.165) is 0 Å². The van der Waals surface area contributed by atoms with E-state index in [4.69, 9.17) is 23.2 Å². The summed E-state index contributed by atoms with van der Waals surface area (Å²) < 4.78 is 11.2. The summed E-state index contributed by atoms with van der Waals surface area (Å²) in [7, 11) is -1.01. The van der Waals surface area contributed by atoms with Gasteiger partial charge in [0.15, 0.2) is 0 Å². The van der Waals surface area contributed by atoms with Crippen molar-refractivity contribution in [3.05, 3.63) is 22.4 Å². The van der Waals surface area contributed by atoms with Crippen LogP contribution in [-0.4, -0.2) is 14.9 Å². The number of rotatable bonds is 2. The van der Waals surface area contributed by atoms with Crippen molar-refractivity contribution in [2.24, 2.45) is 0 Å². The van der Waals surface area contributed by atoms with E-state index in [-0.39, 0.29) is 5.15 Å². The van der Waals surface area contributed by atoms with Crippen molar-refractivity contribution in [3.8, 4) is 0 Å². The Kier molecular flexibility index (Phi) is 3.50. The molecule has 1 atom stereocenters. The number of halogens is 2. The van der Waals surface area contributed by atoms with Gasteiger partial charge in [-0.15, -0.1) is 0 Å². The van der Waals surface area contributed by atoms with Gasteiger partial charge in [0.2, 0.25) is 0 Å². The first-order valence-electron chi connectivity index (χ1n) is 3.34. The third-order valence-corrected chi connectivity index (χ3v) is 3.26. The van der Waals surface area contributed by atoms with Crippen LogP contribution >= 0.6 is 23.2 Å². The lowest BCUT2D eigenvalue weighted by atomic mass is 10.5. The van der Waals surface area contributed by atoms with Gasteiger partial charge < -0.3 is 0 Å². The fourth-order valence-corrected chi connectivity index (χ4v) is 1.78. The molecule has 12 heavy (non-hydrogen) atoms. The quantitative estimate of drug-likeness (QED) is 0.722. The fourth-order valence-electron chi connectivity index (χ4n) is 0.695. The summed E-state index contributed by atoms with van der Waals surface area (Å²) in [5.41, 5.74) is 0. The molecular weight excluding hydrogens is 217 g/mol. The molecule has 0 aliphatic carbocycles. The molecule has 0 bridgehead atoms. The Labute approximate surface area is 83.4 Å². The summed E-state index contributed by atoms with van der Waals surface area (Å²) in [5, 5.41) is 0.587. The number of nitrogens with zero attached hydrogens (tertiary/aromatic N) is 1. The highest BCUT2D eigenvalue weighted by molar-refractivity contribution is 7.85. The third kappa shape index (κ3) is 2.19. The molecule has 0 amide bonds. The van der Waals surface area contributed by atoms with Crippen LogP contribution in [0.15, 0.2) is 17.2 Å². The van der Waals surface area contributed by atoms with Gasteiger partial charge in [-0.2, -0.15) is 0 Å². The largest absolute Gasteiger partial charge is 0.254 e. The Bertz CT molecular complexity index is 316. The molecule has 0 aromatic carbocycles. The van der Waals surface area contributed by atoms with Crippen LogP contribution in [0, 0.1) is 0 Å². The molecule has 0 radical (unpaired) electrons. The number of hydrogen-bond donors (Lipinski definition) is 0. The van der Waals surface area contributed by atoms with Gasteiger partial charge >= 0.3 is 0 Å². The molecule has 1 rings (SSSR count). The van der Waals surface area contributed by atoms with Crippen LogP contribution in [0.25, 0.3) is 0 Å². The monoisotopic (exact) mass is 223 g/mol. The maximum Gasteiger partial charge on any atom is 0.147 e. The third-order valence-electron chi connectivity index (χ3n) is 1.30. The van der Waals surface area contributed by atoms with Crippen molar-refractivity contribution in [1.29, 1.82) is 0 Å². The Balaban J connectivity index is 3.05. The summed E-state index contributed by atoms with van der Waals surface area (Å²) in [4.78, 5) is 4.41. The van der Waals surface area contributed by atoms with E-state index in [1.54, 1.807) is 6.07 Å². The maximum absolute atomic E-state index is 11.2. The van der Waals surface area contributed by atoms with E-state index >= 15 is 0 Å². The van der Waals surface area contributed by atoms with Gasteiger partial charge in [0.1, 0.15) is 5.15 Å². The van der Waals surface area contributed by atoms with Crippen LogP contribution in [0.1, 0.15) is 6.92 Å². The first-order valence-corrected chi connectivity index (χ1v) is 5.42. The predicted molar refractivity (Wildman–Crippen MR) is 51.2 cm³/mol. The van der Waals surface area contributed by atoms with Crippen molar-refractivity contribution in [3.63, 3.8) is 0 Å². The summed E-state index contributed by atoms with van der Waals surface area (Å²) in [5.74, 6) is 0.555. The lowest BCUT2D eigenvalue weighted by molar-refractivity contribution is 0.683. The van der Waals surface area contributed by atoms with E-state index in [9.17, 15) is 4.21 Å². The van der Waals surface area contributed by atoms with Gasteiger partial charge in [-0.25, -0.2) is 4.98 Å². The number of hydrogen-bond acceptors (Lipinski definition) is 2. The van der Waals surface area contributed by atoms with Gasteiger partial charge in [0.05, 0.1) is 20.7 Å². The van der Waals surface area contributed by atoms with Crippen LogP contribution < -0.4 is 0 Å². The van der Waals surface area contributed by atoms with Gasteiger partial charge in [-0.05, 0) is 6.07 Å². The van der Waals surface area contributed by atoms with Crippen LogP contribution in [0.5, 0.6) is 0 Å². The summed E-state index contributed by atoms with van der Waals surface area (Å²) in [6, 6.07) is 1.58. The van der Waals surface area contributed by atoms with Crippen LogP contribution in [0.2, 0.25) is 10.2 Å². The highest BCUT2D eigenvalue weighted by atomic mass is 35.5. The predicted octanol–water partition coefficient (Wildman–Crippen LogP) is 2.52. The molecule has 1 unspecified atom stereocenters. The Morgan fingerprint density at radius 2 is 2.25 bits per heavy atom. The first kappa shape index (κ1) is 9.96. The second kappa shape index (κ2) is 4.21. The van der Waals surface area contributed by atoms with Crippen LogP contribution in [0.4, 0.5) is 0 Å². The molecule has 0 saturated heterocycles. The molecule has 1 heterocycles. The van der Waals surface area contributed by atoms with Crippen molar-refractivity contribution >= 4 is 34.0 Å². The number of aromatic nitrogens is 1. The minimum absolute atomic E-state index is 0.244. The van der Waals surface area contributed by atoms with Crippen molar-refractivity contribution in [1.82, 2.24) is 4.98 Å². The van der Waals surface area contributed by atoms with Crippen molar-refractivity contribution in [2.75, 3.05) is 5.75 Å². The summed E-state index contributed by atoms with van der Waals surface area (Å²) in [6.45, 7) is 1.83. The molecule has 0 fully saturated rings. The van der Waals surface area contributed by atoms with E-state index in [2.05, 4.69) is 4.98 Å². The van der Waals surface area contributed by atoms with E-state index < -0.39 is 10.8 Å². The van der Waals surface area contributed by atoms with Gasteiger partial charge in [0, 0.05) is 11.9 Å². The Morgan fingerprint density at radius 1 is 1.58 bits per heavy atom.